The molecule has 3 rings (SSSR count). The van der Waals surface area contributed by atoms with Crippen LogP contribution in [0.25, 0.3) is 10.2 Å². The summed E-state index contributed by atoms with van der Waals surface area (Å²) in [6, 6.07) is 4.63. The quantitative estimate of drug-likeness (QED) is 0.589. The van der Waals surface area contributed by atoms with Crippen molar-refractivity contribution in [3.63, 3.8) is 0 Å². The van der Waals surface area contributed by atoms with Gasteiger partial charge in [0, 0.05) is 12.1 Å². The number of benzene rings is 1. The zero-order chi connectivity index (χ0) is 15.0. The molecule has 0 fully saturated rings. The number of nitrogens with two attached hydrogens (primary N) is 1. The first-order valence-electron chi connectivity index (χ1n) is 5.67. The third-order valence-electron chi connectivity index (χ3n) is 2.63. The van der Waals surface area contributed by atoms with Crippen LogP contribution in [0.1, 0.15) is 0 Å². The number of fused-ring (bicyclic) bond motifs is 1. The molecule has 21 heavy (non-hydrogen) atoms. The molecule has 106 valence electrons. The fourth-order valence-corrected chi connectivity index (χ4v) is 2.51. The Morgan fingerprint density at radius 3 is 2.90 bits per heavy atom. The molecule has 2 aromatic heterocycles. The van der Waals surface area contributed by atoms with Gasteiger partial charge < -0.3 is 10.5 Å². The van der Waals surface area contributed by atoms with Gasteiger partial charge in [-0.05, 0) is 17.5 Å². The van der Waals surface area contributed by atoms with E-state index in [1.807, 2.05) is 0 Å². The highest BCUT2D eigenvalue weighted by Crippen LogP contribution is 2.35. The lowest BCUT2D eigenvalue weighted by Gasteiger charge is -2.07. The molecule has 9 heteroatoms. The van der Waals surface area contributed by atoms with E-state index in [9.17, 15) is 14.5 Å². The summed E-state index contributed by atoms with van der Waals surface area (Å²) < 4.78 is 18.7. The Morgan fingerprint density at radius 1 is 1.33 bits per heavy atom. The van der Waals surface area contributed by atoms with Crippen molar-refractivity contribution < 1.29 is 14.1 Å². The third kappa shape index (κ3) is 2.46. The zero-order valence-corrected chi connectivity index (χ0v) is 11.1. The van der Waals surface area contributed by atoms with Crippen LogP contribution in [0, 0.1) is 15.9 Å². The Balaban J connectivity index is 2.12. The number of nitro benzene ring substituents is 1. The first-order chi connectivity index (χ1) is 10.0. The van der Waals surface area contributed by atoms with Gasteiger partial charge in [0.15, 0.2) is 0 Å². The Morgan fingerprint density at radius 2 is 2.14 bits per heavy atom. The number of nitrogen functional groups attached to an aromatic ring is 1. The predicted molar refractivity (Wildman–Crippen MR) is 75.0 cm³/mol. The topological polar surface area (TPSA) is 104 Å². The Labute approximate surface area is 121 Å². The first kappa shape index (κ1) is 13.2. The SMILES string of the molecule is Nc1nc(Oc2cc(F)ccc2[N+](=O)[O-])c2ccsc2n1. The molecule has 0 amide bonds. The number of nitrogens with zero attached hydrogens (tertiary/aromatic N) is 3. The summed E-state index contributed by atoms with van der Waals surface area (Å²) in [6.07, 6.45) is 0. The smallest absolute Gasteiger partial charge is 0.311 e. The number of halogens is 1. The molecule has 0 spiro atoms. The molecule has 0 saturated heterocycles. The normalized spacial score (nSPS) is 10.7. The number of thiophene rings is 1. The molecule has 1 aromatic carbocycles. The minimum Gasteiger partial charge on any atom is -0.431 e. The molecule has 0 aliphatic carbocycles. The summed E-state index contributed by atoms with van der Waals surface area (Å²) in [5, 5.41) is 13.3. The van der Waals surface area contributed by atoms with Crippen LogP contribution < -0.4 is 10.5 Å². The minimum atomic E-state index is -0.663. The van der Waals surface area contributed by atoms with Gasteiger partial charge in [-0.3, -0.25) is 10.1 Å². The van der Waals surface area contributed by atoms with Crippen molar-refractivity contribution in [1.29, 1.82) is 0 Å². The number of anilines is 1. The largest absolute Gasteiger partial charge is 0.431 e. The molecule has 0 unspecified atom stereocenters. The molecule has 7 nitrogen and oxygen atoms in total. The van der Waals surface area contributed by atoms with E-state index >= 15 is 0 Å². The molecule has 0 radical (unpaired) electrons. The van der Waals surface area contributed by atoms with Gasteiger partial charge in [-0.15, -0.1) is 11.3 Å². The van der Waals surface area contributed by atoms with Gasteiger partial charge in [-0.25, -0.2) is 9.37 Å². The standard InChI is InChI=1S/C12H7FN4O3S/c13-6-1-2-8(17(18)19)9(5-6)20-10-7-3-4-21-11(7)16-12(14)15-10/h1-5H,(H2,14,15,16). The summed E-state index contributed by atoms with van der Waals surface area (Å²) in [5.74, 6) is -0.878. The molecule has 3 aromatic rings. The van der Waals surface area contributed by atoms with Crippen LogP contribution in [-0.2, 0) is 0 Å². The van der Waals surface area contributed by atoms with E-state index in [2.05, 4.69) is 9.97 Å². The second kappa shape index (κ2) is 4.94. The van der Waals surface area contributed by atoms with E-state index in [-0.39, 0.29) is 23.3 Å². The minimum absolute atomic E-state index is 0.0287. The maximum Gasteiger partial charge on any atom is 0.311 e. The predicted octanol–water partition coefficient (Wildman–Crippen LogP) is 3.11. The number of rotatable bonds is 3. The highest BCUT2D eigenvalue weighted by atomic mass is 32.1. The lowest BCUT2D eigenvalue weighted by molar-refractivity contribution is -0.385. The van der Waals surface area contributed by atoms with E-state index < -0.39 is 10.7 Å². The number of aromatic nitrogens is 2. The van der Waals surface area contributed by atoms with Crippen molar-refractivity contribution in [3.8, 4) is 11.6 Å². The van der Waals surface area contributed by atoms with Crippen LogP contribution >= 0.6 is 11.3 Å². The van der Waals surface area contributed by atoms with Crippen LogP contribution in [0.15, 0.2) is 29.6 Å². The van der Waals surface area contributed by atoms with Crippen LogP contribution in [0.3, 0.4) is 0 Å². The van der Waals surface area contributed by atoms with Gasteiger partial charge in [0.25, 0.3) is 0 Å². The zero-order valence-electron chi connectivity index (χ0n) is 10.3. The van der Waals surface area contributed by atoms with Gasteiger partial charge in [-0.1, -0.05) is 0 Å². The van der Waals surface area contributed by atoms with Gasteiger partial charge in [0.1, 0.15) is 10.6 Å². The maximum absolute atomic E-state index is 13.3. The number of hydrogen-bond donors (Lipinski definition) is 1. The summed E-state index contributed by atoms with van der Waals surface area (Å²) in [5.41, 5.74) is 5.20. The van der Waals surface area contributed by atoms with Gasteiger partial charge in [0.2, 0.25) is 17.6 Å². The molecule has 0 atom stereocenters. The van der Waals surface area contributed by atoms with Crippen LogP contribution in [0.5, 0.6) is 11.6 Å². The summed E-state index contributed by atoms with van der Waals surface area (Å²) >= 11 is 1.32. The number of nitro groups is 1. The first-order valence-corrected chi connectivity index (χ1v) is 6.55. The van der Waals surface area contributed by atoms with Crippen molar-refractivity contribution in [2.45, 2.75) is 0 Å². The lowest BCUT2D eigenvalue weighted by Crippen LogP contribution is -1.99. The average Bonchev–Trinajstić information content (AvgIpc) is 2.86. The molecular formula is C12H7FN4O3S. The molecule has 0 bridgehead atoms. The fraction of sp³-hybridized carbons (Fsp3) is 0. The van der Waals surface area contributed by atoms with Crippen LogP contribution in [0.2, 0.25) is 0 Å². The van der Waals surface area contributed by atoms with Crippen molar-refractivity contribution >= 4 is 33.2 Å². The van der Waals surface area contributed by atoms with Gasteiger partial charge in [-0.2, -0.15) is 4.98 Å². The molecular weight excluding hydrogens is 299 g/mol. The molecule has 2 heterocycles. The second-order valence-electron chi connectivity index (χ2n) is 4.00. The summed E-state index contributed by atoms with van der Waals surface area (Å²) in [4.78, 5) is 18.8. The van der Waals surface area contributed by atoms with Gasteiger partial charge >= 0.3 is 5.69 Å². The Bertz CT molecular complexity index is 852. The fourth-order valence-electron chi connectivity index (χ4n) is 1.75. The maximum atomic E-state index is 13.3. The number of ether oxygens (including phenoxy) is 1. The molecule has 0 saturated carbocycles. The lowest BCUT2D eigenvalue weighted by atomic mass is 10.3. The van der Waals surface area contributed by atoms with Gasteiger partial charge in [0.05, 0.1) is 10.3 Å². The Kier molecular flexibility index (Phi) is 3.10. The van der Waals surface area contributed by atoms with E-state index in [1.165, 1.54) is 11.3 Å². The van der Waals surface area contributed by atoms with Crippen molar-refractivity contribution in [3.05, 3.63) is 45.6 Å². The van der Waals surface area contributed by atoms with Crippen LogP contribution in [-0.4, -0.2) is 14.9 Å². The molecule has 0 aliphatic heterocycles. The highest BCUT2D eigenvalue weighted by Gasteiger charge is 2.19. The van der Waals surface area contributed by atoms with Crippen molar-refractivity contribution in [2.75, 3.05) is 5.73 Å². The van der Waals surface area contributed by atoms with E-state index in [0.717, 1.165) is 18.2 Å². The number of hydrogen-bond acceptors (Lipinski definition) is 7. The van der Waals surface area contributed by atoms with E-state index in [4.69, 9.17) is 10.5 Å². The monoisotopic (exact) mass is 306 g/mol. The second-order valence-corrected chi connectivity index (χ2v) is 4.89. The highest BCUT2D eigenvalue weighted by molar-refractivity contribution is 7.16. The van der Waals surface area contributed by atoms with Crippen molar-refractivity contribution in [2.24, 2.45) is 0 Å². The summed E-state index contributed by atoms with van der Waals surface area (Å²) in [6.45, 7) is 0. The van der Waals surface area contributed by atoms with Crippen LogP contribution in [0.4, 0.5) is 16.0 Å². The van der Waals surface area contributed by atoms with E-state index in [0.29, 0.717) is 10.2 Å². The van der Waals surface area contributed by atoms with E-state index in [1.54, 1.807) is 11.4 Å². The Hall–Kier alpha value is -2.81. The molecule has 0 aliphatic rings. The molecule has 2 N–H and O–H groups in total. The third-order valence-corrected chi connectivity index (χ3v) is 3.44. The van der Waals surface area contributed by atoms with Crippen molar-refractivity contribution in [1.82, 2.24) is 9.97 Å². The average molecular weight is 306 g/mol. The summed E-state index contributed by atoms with van der Waals surface area (Å²) in [7, 11) is 0.